The van der Waals surface area contributed by atoms with Gasteiger partial charge in [0.25, 0.3) is 5.91 Å². The number of ketones is 1. The van der Waals surface area contributed by atoms with Crippen LogP contribution >= 0.6 is 0 Å². The van der Waals surface area contributed by atoms with Crippen molar-refractivity contribution in [2.24, 2.45) is 11.8 Å². The van der Waals surface area contributed by atoms with Gasteiger partial charge in [-0.15, -0.1) is 0 Å². The second-order valence-electron chi connectivity index (χ2n) is 8.19. The van der Waals surface area contributed by atoms with Gasteiger partial charge < -0.3 is 14.4 Å². The molecule has 0 atom stereocenters. The topological polar surface area (TPSA) is 55.8 Å². The number of ether oxygens (including phenoxy) is 2. The molecule has 3 rings (SSSR count). The molecule has 0 bridgehead atoms. The molecular formula is C25H31NO4. The number of hydrogen-bond acceptors (Lipinski definition) is 4. The molecule has 160 valence electrons. The molecule has 1 fully saturated rings. The van der Waals surface area contributed by atoms with E-state index in [4.69, 9.17) is 9.47 Å². The molecule has 0 aromatic heterocycles. The van der Waals surface area contributed by atoms with E-state index < -0.39 is 0 Å². The third kappa shape index (κ3) is 5.41. The zero-order valence-corrected chi connectivity index (χ0v) is 18.1. The Bertz CT molecular complexity index is 855. The summed E-state index contributed by atoms with van der Waals surface area (Å²) in [6.45, 7) is 6.08. The minimum atomic E-state index is -0.0346. The molecule has 0 saturated carbocycles. The molecule has 0 spiro atoms. The van der Waals surface area contributed by atoms with Crippen LogP contribution in [0.2, 0.25) is 0 Å². The Hall–Kier alpha value is -2.82. The van der Waals surface area contributed by atoms with Crippen LogP contribution in [0, 0.1) is 11.8 Å². The van der Waals surface area contributed by atoms with Crippen molar-refractivity contribution in [1.82, 2.24) is 4.90 Å². The summed E-state index contributed by atoms with van der Waals surface area (Å²) in [6, 6.07) is 14.7. The first-order valence-electron chi connectivity index (χ1n) is 10.7. The molecule has 1 saturated heterocycles. The van der Waals surface area contributed by atoms with Gasteiger partial charge in [-0.3, -0.25) is 9.59 Å². The summed E-state index contributed by atoms with van der Waals surface area (Å²) >= 11 is 0. The lowest BCUT2D eigenvalue weighted by Crippen LogP contribution is -2.40. The SMILES string of the molecule is COc1cc(C(=O)N2CCC(C(=O)c3ccccc3)CC2)ccc1OCCC(C)C. The van der Waals surface area contributed by atoms with Crippen molar-refractivity contribution >= 4 is 11.7 Å². The Morgan fingerprint density at radius 2 is 1.70 bits per heavy atom. The fourth-order valence-electron chi connectivity index (χ4n) is 3.69. The molecule has 2 aromatic carbocycles. The lowest BCUT2D eigenvalue weighted by atomic mass is 9.88. The van der Waals surface area contributed by atoms with Gasteiger partial charge in [0.2, 0.25) is 0 Å². The molecule has 1 aliphatic heterocycles. The standard InChI is InChI=1S/C25H31NO4/c1-18(2)13-16-30-22-10-9-21(17-23(22)29-3)25(28)26-14-11-20(12-15-26)24(27)19-7-5-4-6-8-19/h4-10,17-18,20H,11-16H2,1-3H3. The van der Waals surface area contributed by atoms with E-state index in [2.05, 4.69) is 13.8 Å². The van der Waals surface area contributed by atoms with Gasteiger partial charge in [0, 0.05) is 30.1 Å². The van der Waals surface area contributed by atoms with Crippen LogP contribution in [0.3, 0.4) is 0 Å². The minimum Gasteiger partial charge on any atom is -0.493 e. The zero-order chi connectivity index (χ0) is 21.5. The average Bonchev–Trinajstić information content (AvgIpc) is 2.78. The summed E-state index contributed by atoms with van der Waals surface area (Å²) < 4.78 is 11.3. The highest BCUT2D eigenvalue weighted by atomic mass is 16.5. The third-order valence-corrected chi connectivity index (χ3v) is 5.57. The molecule has 0 radical (unpaired) electrons. The highest BCUT2D eigenvalue weighted by Gasteiger charge is 2.28. The van der Waals surface area contributed by atoms with Gasteiger partial charge >= 0.3 is 0 Å². The number of Topliss-reactive ketones (excluding diaryl/α,β-unsaturated/α-hetero) is 1. The van der Waals surface area contributed by atoms with Crippen molar-refractivity contribution < 1.29 is 19.1 Å². The Kier molecular flexibility index (Phi) is 7.50. The summed E-state index contributed by atoms with van der Waals surface area (Å²) in [5.74, 6) is 1.90. The number of piperidine rings is 1. The quantitative estimate of drug-likeness (QED) is 0.585. The van der Waals surface area contributed by atoms with E-state index in [1.165, 1.54) is 0 Å². The molecule has 1 aliphatic rings. The van der Waals surface area contributed by atoms with Gasteiger partial charge in [0.05, 0.1) is 13.7 Å². The fraction of sp³-hybridized carbons (Fsp3) is 0.440. The Balaban J connectivity index is 1.60. The number of hydrogen-bond donors (Lipinski definition) is 0. The van der Waals surface area contributed by atoms with Crippen LogP contribution in [0.4, 0.5) is 0 Å². The van der Waals surface area contributed by atoms with Crippen LogP contribution in [0.25, 0.3) is 0 Å². The van der Waals surface area contributed by atoms with Crippen LogP contribution in [0.1, 0.15) is 53.8 Å². The number of rotatable bonds is 8. The van der Waals surface area contributed by atoms with Crippen molar-refractivity contribution in [3.63, 3.8) is 0 Å². The van der Waals surface area contributed by atoms with E-state index in [9.17, 15) is 9.59 Å². The van der Waals surface area contributed by atoms with Crippen LogP contribution in [-0.2, 0) is 0 Å². The van der Waals surface area contributed by atoms with E-state index in [0.717, 1.165) is 12.0 Å². The maximum absolute atomic E-state index is 13.0. The van der Waals surface area contributed by atoms with Gasteiger partial charge in [-0.1, -0.05) is 44.2 Å². The first kappa shape index (κ1) is 21.9. The summed E-state index contributed by atoms with van der Waals surface area (Å²) in [5.41, 5.74) is 1.33. The number of amides is 1. The second-order valence-corrected chi connectivity index (χ2v) is 8.19. The molecule has 1 heterocycles. The predicted octanol–water partition coefficient (Wildman–Crippen LogP) is 4.86. The number of nitrogens with zero attached hydrogens (tertiary/aromatic N) is 1. The molecule has 5 heteroatoms. The third-order valence-electron chi connectivity index (χ3n) is 5.57. The molecular weight excluding hydrogens is 378 g/mol. The van der Waals surface area contributed by atoms with Crippen molar-refractivity contribution in [3.05, 3.63) is 59.7 Å². The molecule has 0 unspecified atom stereocenters. The van der Waals surface area contributed by atoms with Gasteiger partial charge in [-0.2, -0.15) is 0 Å². The van der Waals surface area contributed by atoms with Crippen molar-refractivity contribution in [3.8, 4) is 11.5 Å². The average molecular weight is 410 g/mol. The van der Waals surface area contributed by atoms with Gasteiger partial charge in [-0.05, 0) is 43.4 Å². The first-order chi connectivity index (χ1) is 14.5. The van der Waals surface area contributed by atoms with Crippen molar-refractivity contribution in [2.45, 2.75) is 33.1 Å². The number of benzene rings is 2. The first-order valence-corrected chi connectivity index (χ1v) is 10.7. The van der Waals surface area contributed by atoms with Crippen LogP contribution in [0.5, 0.6) is 11.5 Å². The lowest BCUT2D eigenvalue weighted by molar-refractivity contribution is 0.0650. The predicted molar refractivity (Wildman–Crippen MR) is 117 cm³/mol. The smallest absolute Gasteiger partial charge is 0.253 e. The van der Waals surface area contributed by atoms with Gasteiger partial charge in [0.15, 0.2) is 17.3 Å². The summed E-state index contributed by atoms with van der Waals surface area (Å²) in [5, 5.41) is 0. The Morgan fingerprint density at radius 1 is 1.00 bits per heavy atom. The molecule has 1 amide bonds. The van der Waals surface area contributed by atoms with Crippen molar-refractivity contribution in [2.75, 3.05) is 26.8 Å². The molecule has 0 N–H and O–H groups in total. The highest BCUT2D eigenvalue weighted by molar-refractivity contribution is 5.98. The van der Waals surface area contributed by atoms with E-state index >= 15 is 0 Å². The van der Waals surface area contributed by atoms with Crippen LogP contribution in [0.15, 0.2) is 48.5 Å². The summed E-state index contributed by atoms with van der Waals surface area (Å²) in [6.07, 6.45) is 2.33. The maximum atomic E-state index is 13.0. The number of carbonyl (C=O) groups excluding carboxylic acids is 2. The summed E-state index contributed by atoms with van der Waals surface area (Å²) in [4.78, 5) is 27.5. The molecule has 2 aromatic rings. The lowest BCUT2D eigenvalue weighted by Gasteiger charge is -2.31. The largest absolute Gasteiger partial charge is 0.493 e. The van der Waals surface area contributed by atoms with E-state index in [1.807, 2.05) is 35.2 Å². The number of likely N-dealkylation sites (tertiary alicyclic amines) is 1. The minimum absolute atomic E-state index is 0.0253. The highest BCUT2D eigenvalue weighted by Crippen LogP contribution is 2.30. The fourth-order valence-corrected chi connectivity index (χ4v) is 3.69. The monoisotopic (exact) mass is 409 g/mol. The van der Waals surface area contributed by atoms with E-state index in [-0.39, 0.29) is 17.6 Å². The molecule has 30 heavy (non-hydrogen) atoms. The Morgan fingerprint density at radius 3 is 2.33 bits per heavy atom. The molecule has 0 aliphatic carbocycles. The van der Waals surface area contributed by atoms with Crippen LogP contribution < -0.4 is 9.47 Å². The summed E-state index contributed by atoms with van der Waals surface area (Å²) in [7, 11) is 1.58. The number of carbonyl (C=O) groups is 2. The zero-order valence-electron chi connectivity index (χ0n) is 18.1. The van der Waals surface area contributed by atoms with E-state index in [1.54, 1.807) is 25.3 Å². The number of methoxy groups -OCH3 is 1. The van der Waals surface area contributed by atoms with E-state index in [0.29, 0.717) is 55.5 Å². The van der Waals surface area contributed by atoms with Gasteiger partial charge in [-0.25, -0.2) is 0 Å². The van der Waals surface area contributed by atoms with Crippen molar-refractivity contribution in [1.29, 1.82) is 0 Å². The Labute approximate surface area is 179 Å². The van der Waals surface area contributed by atoms with Crippen LogP contribution in [-0.4, -0.2) is 43.4 Å². The normalized spacial score (nSPS) is 14.6. The van der Waals surface area contributed by atoms with Gasteiger partial charge in [0.1, 0.15) is 0 Å². The second kappa shape index (κ2) is 10.3. The molecule has 5 nitrogen and oxygen atoms in total. The maximum Gasteiger partial charge on any atom is 0.253 e.